The fourth-order valence-electron chi connectivity index (χ4n) is 3.53. The maximum atomic E-state index is 13.1. The maximum Gasteiger partial charge on any atom is 0.340 e. The highest BCUT2D eigenvalue weighted by Crippen LogP contribution is 2.30. The van der Waals surface area contributed by atoms with E-state index in [1.54, 1.807) is 40.7 Å². The molecule has 0 unspecified atom stereocenters. The molecule has 1 aromatic carbocycles. The van der Waals surface area contributed by atoms with E-state index in [1.807, 2.05) is 0 Å². The van der Waals surface area contributed by atoms with Crippen LogP contribution in [-0.2, 0) is 19.5 Å². The molecule has 0 atom stereocenters. The van der Waals surface area contributed by atoms with E-state index in [4.69, 9.17) is 14.2 Å². The SMILES string of the molecule is CCOc1ccc(NC(=O)c2[nH]c(C)c(C(=O)OCCOC)c2C)cc1S(=O)(=O)N(CC)CC. The monoisotopic (exact) mass is 495 g/mol. The standard InChI is InChI=1S/C23H33N3O7S/c1-7-26(8-2)34(29,30)19-14-17(10-11-18(19)32-9-3)25-22(27)21-15(4)20(16(5)24-21)23(28)33-13-12-31-6/h10-11,14,24H,7-9,12-13H2,1-6H3,(H,25,27). The number of hydrogen-bond donors (Lipinski definition) is 2. The Morgan fingerprint density at radius 1 is 1.09 bits per heavy atom. The lowest BCUT2D eigenvalue weighted by Gasteiger charge is -2.21. The second-order valence-electron chi connectivity index (χ2n) is 7.39. The molecule has 0 aliphatic heterocycles. The van der Waals surface area contributed by atoms with Gasteiger partial charge in [0, 0.05) is 31.6 Å². The molecule has 188 valence electrons. The average Bonchev–Trinajstić information content (AvgIpc) is 3.09. The Hall–Kier alpha value is -2.89. The molecule has 2 N–H and O–H groups in total. The van der Waals surface area contributed by atoms with Crippen LogP contribution in [0.3, 0.4) is 0 Å². The van der Waals surface area contributed by atoms with Gasteiger partial charge >= 0.3 is 5.97 Å². The lowest BCUT2D eigenvalue weighted by molar-refractivity contribution is 0.0386. The first-order valence-corrected chi connectivity index (χ1v) is 12.5. The summed E-state index contributed by atoms with van der Waals surface area (Å²) in [6, 6.07) is 4.46. The Labute approximate surface area is 200 Å². The van der Waals surface area contributed by atoms with Crippen molar-refractivity contribution in [3.63, 3.8) is 0 Å². The number of carbonyl (C=O) groups is 2. The van der Waals surface area contributed by atoms with Crippen molar-refractivity contribution < 1.29 is 32.2 Å². The van der Waals surface area contributed by atoms with E-state index in [-0.39, 0.29) is 47.4 Å². The predicted octanol–water partition coefficient (Wildman–Crippen LogP) is 3.12. The number of sulfonamides is 1. The van der Waals surface area contributed by atoms with E-state index in [9.17, 15) is 18.0 Å². The second-order valence-corrected chi connectivity index (χ2v) is 9.30. The highest BCUT2D eigenvalue weighted by molar-refractivity contribution is 7.89. The van der Waals surface area contributed by atoms with Crippen molar-refractivity contribution in [3.8, 4) is 5.75 Å². The zero-order chi connectivity index (χ0) is 25.5. The summed E-state index contributed by atoms with van der Waals surface area (Å²) in [5.74, 6) is -0.872. The van der Waals surface area contributed by atoms with Crippen molar-refractivity contribution in [2.45, 2.75) is 39.5 Å². The number of nitrogens with zero attached hydrogens (tertiary/aromatic N) is 1. The molecule has 10 nitrogen and oxygen atoms in total. The van der Waals surface area contributed by atoms with Crippen LogP contribution in [-0.4, -0.2) is 69.6 Å². The second kappa shape index (κ2) is 12.0. The molecule has 1 aromatic heterocycles. The van der Waals surface area contributed by atoms with Crippen LogP contribution in [0.2, 0.25) is 0 Å². The molecular weight excluding hydrogens is 462 g/mol. The number of carbonyl (C=O) groups excluding carboxylic acids is 2. The first-order chi connectivity index (χ1) is 16.1. The number of esters is 1. The zero-order valence-corrected chi connectivity index (χ0v) is 21.3. The first-order valence-electron chi connectivity index (χ1n) is 11.1. The van der Waals surface area contributed by atoms with E-state index in [2.05, 4.69) is 10.3 Å². The third kappa shape index (κ3) is 5.96. The molecule has 34 heavy (non-hydrogen) atoms. The Morgan fingerprint density at radius 2 is 1.76 bits per heavy atom. The van der Waals surface area contributed by atoms with Crippen molar-refractivity contribution in [2.24, 2.45) is 0 Å². The number of aromatic amines is 1. The predicted molar refractivity (Wildman–Crippen MR) is 128 cm³/mol. The zero-order valence-electron chi connectivity index (χ0n) is 20.5. The molecule has 0 bridgehead atoms. The van der Waals surface area contributed by atoms with Crippen molar-refractivity contribution in [3.05, 3.63) is 40.7 Å². The van der Waals surface area contributed by atoms with Crippen LogP contribution >= 0.6 is 0 Å². The van der Waals surface area contributed by atoms with Crippen molar-refractivity contribution >= 4 is 27.6 Å². The molecular formula is C23H33N3O7S. The summed E-state index contributed by atoms with van der Waals surface area (Å²) in [7, 11) is -2.33. The summed E-state index contributed by atoms with van der Waals surface area (Å²) < 4.78 is 43.2. The summed E-state index contributed by atoms with van der Waals surface area (Å²) in [5, 5.41) is 2.71. The highest BCUT2D eigenvalue weighted by Gasteiger charge is 2.27. The van der Waals surface area contributed by atoms with Gasteiger partial charge in [0.15, 0.2) is 0 Å². The minimum Gasteiger partial charge on any atom is -0.492 e. The average molecular weight is 496 g/mol. The normalized spacial score (nSPS) is 11.5. The van der Waals surface area contributed by atoms with E-state index >= 15 is 0 Å². The number of H-pyrrole nitrogens is 1. The van der Waals surface area contributed by atoms with Gasteiger partial charge in [-0.2, -0.15) is 4.31 Å². The first kappa shape index (κ1) is 27.4. The van der Waals surface area contributed by atoms with Gasteiger partial charge in [0.1, 0.15) is 22.9 Å². The van der Waals surface area contributed by atoms with Gasteiger partial charge in [-0.15, -0.1) is 0 Å². The van der Waals surface area contributed by atoms with Crippen LogP contribution < -0.4 is 10.1 Å². The fraction of sp³-hybridized carbons (Fsp3) is 0.478. The number of methoxy groups -OCH3 is 1. The third-order valence-electron chi connectivity index (χ3n) is 5.21. The van der Waals surface area contributed by atoms with Crippen LogP contribution in [0.4, 0.5) is 5.69 Å². The summed E-state index contributed by atoms with van der Waals surface area (Å²) in [6.07, 6.45) is 0. The topological polar surface area (TPSA) is 127 Å². The van der Waals surface area contributed by atoms with Gasteiger partial charge in [-0.3, -0.25) is 4.79 Å². The smallest absolute Gasteiger partial charge is 0.340 e. The number of nitrogens with one attached hydrogen (secondary N) is 2. The molecule has 0 radical (unpaired) electrons. The van der Waals surface area contributed by atoms with Crippen LogP contribution in [0.25, 0.3) is 0 Å². The molecule has 11 heteroatoms. The molecule has 2 aromatic rings. The summed E-state index contributed by atoms with van der Waals surface area (Å²) in [5.41, 5.74) is 1.65. The van der Waals surface area contributed by atoms with Crippen molar-refractivity contribution in [2.75, 3.05) is 45.3 Å². The van der Waals surface area contributed by atoms with E-state index in [1.165, 1.54) is 23.5 Å². The van der Waals surface area contributed by atoms with E-state index in [0.29, 0.717) is 24.3 Å². The van der Waals surface area contributed by atoms with Gasteiger partial charge in [-0.1, -0.05) is 13.8 Å². The summed E-state index contributed by atoms with van der Waals surface area (Å²) >= 11 is 0. The summed E-state index contributed by atoms with van der Waals surface area (Å²) in [6.45, 7) is 9.81. The van der Waals surface area contributed by atoms with Crippen molar-refractivity contribution in [1.29, 1.82) is 0 Å². The van der Waals surface area contributed by atoms with Gasteiger partial charge < -0.3 is 24.5 Å². The molecule has 0 saturated carbocycles. The van der Waals surface area contributed by atoms with Gasteiger partial charge in [0.2, 0.25) is 10.0 Å². The quantitative estimate of drug-likeness (QED) is 0.342. The molecule has 0 aliphatic rings. The molecule has 2 rings (SSSR count). The largest absolute Gasteiger partial charge is 0.492 e. The van der Waals surface area contributed by atoms with Gasteiger partial charge in [0.05, 0.1) is 18.8 Å². The minimum absolute atomic E-state index is 0.0300. The van der Waals surface area contributed by atoms with Crippen LogP contribution in [0, 0.1) is 13.8 Å². The lowest BCUT2D eigenvalue weighted by atomic mass is 10.1. The molecule has 0 saturated heterocycles. The Morgan fingerprint density at radius 3 is 2.35 bits per heavy atom. The van der Waals surface area contributed by atoms with E-state index < -0.39 is 21.9 Å². The van der Waals surface area contributed by atoms with Crippen LogP contribution in [0.5, 0.6) is 5.75 Å². The molecule has 1 amide bonds. The molecule has 1 heterocycles. The van der Waals surface area contributed by atoms with Crippen LogP contribution in [0.1, 0.15) is 52.9 Å². The van der Waals surface area contributed by atoms with Gasteiger partial charge in [-0.05, 0) is 44.5 Å². The van der Waals surface area contributed by atoms with Gasteiger partial charge in [0.25, 0.3) is 5.91 Å². The van der Waals surface area contributed by atoms with Crippen LogP contribution in [0.15, 0.2) is 23.1 Å². The van der Waals surface area contributed by atoms with Gasteiger partial charge in [-0.25, -0.2) is 13.2 Å². The maximum absolute atomic E-state index is 13.1. The third-order valence-corrected chi connectivity index (χ3v) is 7.29. The molecule has 0 spiro atoms. The fourth-order valence-corrected chi connectivity index (χ4v) is 5.15. The lowest BCUT2D eigenvalue weighted by Crippen LogP contribution is -2.31. The summed E-state index contributed by atoms with van der Waals surface area (Å²) in [4.78, 5) is 28.3. The number of anilines is 1. The number of benzene rings is 1. The molecule has 0 aliphatic carbocycles. The number of ether oxygens (including phenoxy) is 3. The Bertz CT molecular complexity index is 1120. The Kier molecular flexibility index (Phi) is 9.66. The number of rotatable bonds is 12. The highest BCUT2D eigenvalue weighted by atomic mass is 32.2. The number of aromatic nitrogens is 1. The van der Waals surface area contributed by atoms with E-state index in [0.717, 1.165) is 0 Å². The number of aryl methyl sites for hydroxylation is 1. The number of hydrogen-bond acceptors (Lipinski definition) is 7. The number of amides is 1. The Balaban J connectivity index is 2.37. The molecule has 0 fully saturated rings. The van der Waals surface area contributed by atoms with Crippen molar-refractivity contribution in [1.82, 2.24) is 9.29 Å². The minimum atomic E-state index is -3.83.